The van der Waals surface area contributed by atoms with E-state index < -0.39 is 5.82 Å². The van der Waals surface area contributed by atoms with E-state index in [4.69, 9.17) is 28.9 Å². The van der Waals surface area contributed by atoms with Gasteiger partial charge in [0.25, 0.3) is 0 Å². The van der Waals surface area contributed by atoms with E-state index in [2.05, 4.69) is 0 Å². The van der Waals surface area contributed by atoms with Crippen molar-refractivity contribution in [2.75, 3.05) is 6.54 Å². The molecular weight excluding hydrogens is 212 g/mol. The number of hydrogen-bond acceptors (Lipinski definition) is 1. The van der Waals surface area contributed by atoms with Crippen LogP contribution in [0.3, 0.4) is 0 Å². The predicted molar refractivity (Wildman–Crippen MR) is 54.5 cm³/mol. The van der Waals surface area contributed by atoms with E-state index in [1.807, 2.05) is 0 Å². The lowest BCUT2D eigenvalue weighted by Crippen LogP contribution is -1.92. The average molecular weight is 220 g/mol. The first-order valence-corrected chi connectivity index (χ1v) is 4.42. The monoisotopic (exact) mass is 219 g/mol. The summed E-state index contributed by atoms with van der Waals surface area (Å²) in [5, 5.41) is 0.382. The van der Waals surface area contributed by atoms with E-state index in [0.29, 0.717) is 17.1 Å². The van der Waals surface area contributed by atoms with E-state index in [1.165, 1.54) is 6.07 Å². The predicted octanol–water partition coefficient (Wildman–Crippen LogP) is 3.10. The van der Waals surface area contributed by atoms with Gasteiger partial charge in [0, 0.05) is 11.6 Å². The van der Waals surface area contributed by atoms with Crippen LogP contribution in [0.5, 0.6) is 0 Å². The van der Waals surface area contributed by atoms with Crippen molar-refractivity contribution in [3.8, 4) is 0 Å². The first-order valence-electron chi connectivity index (χ1n) is 3.66. The van der Waals surface area contributed by atoms with Gasteiger partial charge < -0.3 is 5.73 Å². The molecule has 0 aliphatic carbocycles. The molecule has 1 aromatic rings. The average Bonchev–Trinajstić information content (AvgIpc) is 2.09. The minimum atomic E-state index is -0.522. The van der Waals surface area contributed by atoms with Crippen LogP contribution >= 0.6 is 23.2 Å². The number of benzene rings is 1. The molecule has 0 saturated heterocycles. The molecule has 1 rings (SSSR count). The van der Waals surface area contributed by atoms with Crippen molar-refractivity contribution in [1.29, 1.82) is 0 Å². The molecule has 70 valence electrons. The third-order valence-electron chi connectivity index (χ3n) is 1.45. The first-order chi connectivity index (χ1) is 6.15. The van der Waals surface area contributed by atoms with Crippen LogP contribution in [0.25, 0.3) is 6.08 Å². The molecule has 0 atom stereocenters. The highest BCUT2D eigenvalue weighted by Gasteiger charge is 2.05. The van der Waals surface area contributed by atoms with Gasteiger partial charge in [-0.25, -0.2) is 4.39 Å². The highest BCUT2D eigenvalue weighted by atomic mass is 35.5. The Bertz CT molecular complexity index is 337. The smallest absolute Gasteiger partial charge is 0.143 e. The summed E-state index contributed by atoms with van der Waals surface area (Å²) in [7, 11) is 0. The minimum Gasteiger partial charge on any atom is -0.327 e. The SMILES string of the molecule is NC/C=C/c1cc(Cl)cc(F)c1Cl. The largest absolute Gasteiger partial charge is 0.327 e. The van der Waals surface area contributed by atoms with Crippen molar-refractivity contribution >= 4 is 29.3 Å². The lowest BCUT2D eigenvalue weighted by molar-refractivity contribution is 0.628. The van der Waals surface area contributed by atoms with Gasteiger partial charge in [-0.1, -0.05) is 35.4 Å². The minimum absolute atomic E-state index is 0.0640. The summed E-state index contributed by atoms with van der Waals surface area (Å²) in [4.78, 5) is 0. The standard InChI is InChI=1S/C9H8Cl2FN/c10-7-4-6(2-1-3-13)9(11)8(12)5-7/h1-2,4-5H,3,13H2/b2-1+. The molecule has 4 heteroatoms. The molecule has 0 fully saturated rings. The molecule has 0 aliphatic heterocycles. The number of hydrogen-bond donors (Lipinski definition) is 1. The fourth-order valence-electron chi connectivity index (χ4n) is 0.892. The molecule has 0 amide bonds. The molecule has 0 heterocycles. The van der Waals surface area contributed by atoms with Gasteiger partial charge in [0.2, 0.25) is 0 Å². The Morgan fingerprint density at radius 1 is 1.38 bits per heavy atom. The van der Waals surface area contributed by atoms with Crippen molar-refractivity contribution in [2.45, 2.75) is 0 Å². The van der Waals surface area contributed by atoms with Crippen LogP contribution in [0.15, 0.2) is 18.2 Å². The van der Waals surface area contributed by atoms with Crippen molar-refractivity contribution in [3.63, 3.8) is 0 Å². The van der Waals surface area contributed by atoms with Crippen LogP contribution in [0.4, 0.5) is 4.39 Å². The number of nitrogens with two attached hydrogens (primary N) is 1. The second-order valence-corrected chi connectivity index (χ2v) is 3.24. The Hall–Kier alpha value is -0.570. The fraction of sp³-hybridized carbons (Fsp3) is 0.111. The normalized spacial score (nSPS) is 11.1. The Kier molecular flexibility index (Phi) is 3.72. The highest BCUT2D eigenvalue weighted by Crippen LogP contribution is 2.25. The Balaban J connectivity index is 3.12. The third kappa shape index (κ3) is 2.69. The summed E-state index contributed by atoms with van der Waals surface area (Å²) in [5.74, 6) is -0.522. The molecule has 0 bridgehead atoms. The molecular formula is C9H8Cl2FN. The molecule has 1 nitrogen and oxygen atoms in total. The third-order valence-corrected chi connectivity index (χ3v) is 2.07. The zero-order valence-corrected chi connectivity index (χ0v) is 8.24. The molecule has 2 N–H and O–H groups in total. The van der Waals surface area contributed by atoms with E-state index in [9.17, 15) is 4.39 Å². The van der Waals surface area contributed by atoms with Gasteiger partial charge in [0.05, 0.1) is 5.02 Å². The van der Waals surface area contributed by atoms with Crippen LogP contribution < -0.4 is 5.73 Å². The summed E-state index contributed by atoms with van der Waals surface area (Å²) < 4.78 is 13.0. The maximum atomic E-state index is 13.0. The van der Waals surface area contributed by atoms with Gasteiger partial charge in [0.15, 0.2) is 0 Å². The van der Waals surface area contributed by atoms with Gasteiger partial charge in [-0.2, -0.15) is 0 Å². The summed E-state index contributed by atoms with van der Waals surface area (Å²) in [6.07, 6.45) is 3.31. The van der Waals surface area contributed by atoms with E-state index >= 15 is 0 Å². The van der Waals surface area contributed by atoms with Crippen LogP contribution in [0, 0.1) is 5.82 Å². The van der Waals surface area contributed by atoms with E-state index in [-0.39, 0.29) is 5.02 Å². The Morgan fingerprint density at radius 2 is 2.08 bits per heavy atom. The van der Waals surface area contributed by atoms with Gasteiger partial charge in [-0.3, -0.25) is 0 Å². The second-order valence-electron chi connectivity index (χ2n) is 2.43. The van der Waals surface area contributed by atoms with Crippen LogP contribution in [-0.2, 0) is 0 Å². The summed E-state index contributed by atoms with van der Waals surface area (Å²) >= 11 is 11.3. The summed E-state index contributed by atoms with van der Waals surface area (Å²) in [6, 6.07) is 2.75. The quantitative estimate of drug-likeness (QED) is 0.761. The van der Waals surface area contributed by atoms with Crippen LogP contribution in [-0.4, -0.2) is 6.54 Å². The molecule has 13 heavy (non-hydrogen) atoms. The Morgan fingerprint density at radius 3 is 2.69 bits per heavy atom. The van der Waals surface area contributed by atoms with E-state index in [1.54, 1.807) is 18.2 Å². The van der Waals surface area contributed by atoms with Gasteiger partial charge in [0.1, 0.15) is 5.82 Å². The lowest BCUT2D eigenvalue weighted by Gasteiger charge is -2.00. The van der Waals surface area contributed by atoms with Gasteiger partial charge >= 0.3 is 0 Å². The van der Waals surface area contributed by atoms with Crippen molar-refractivity contribution in [3.05, 3.63) is 39.6 Å². The molecule has 0 aliphatic rings. The first kappa shape index (κ1) is 10.5. The molecule has 0 saturated carbocycles. The number of halogens is 3. The van der Waals surface area contributed by atoms with Crippen molar-refractivity contribution < 1.29 is 4.39 Å². The topological polar surface area (TPSA) is 26.0 Å². The fourth-order valence-corrected chi connectivity index (χ4v) is 1.28. The van der Waals surface area contributed by atoms with Crippen LogP contribution in [0.2, 0.25) is 10.0 Å². The number of rotatable bonds is 2. The maximum Gasteiger partial charge on any atom is 0.143 e. The van der Waals surface area contributed by atoms with E-state index in [0.717, 1.165) is 0 Å². The molecule has 0 spiro atoms. The summed E-state index contributed by atoms with van der Waals surface area (Å²) in [5.41, 5.74) is 5.78. The maximum absolute atomic E-state index is 13.0. The van der Waals surface area contributed by atoms with Crippen molar-refractivity contribution in [2.24, 2.45) is 5.73 Å². The summed E-state index contributed by atoms with van der Waals surface area (Å²) in [6.45, 7) is 0.379. The molecule has 0 aromatic heterocycles. The zero-order chi connectivity index (χ0) is 9.84. The van der Waals surface area contributed by atoms with Gasteiger partial charge in [-0.15, -0.1) is 0 Å². The van der Waals surface area contributed by atoms with Gasteiger partial charge in [-0.05, 0) is 17.7 Å². The Labute approximate surface area is 85.9 Å². The second kappa shape index (κ2) is 4.61. The zero-order valence-electron chi connectivity index (χ0n) is 6.73. The molecule has 0 unspecified atom stereocenters. The lowest BCUT2D eigenvalue weighted by atomic mass is 10.2. The van der Waals surface area contributed by atoms with Crippen molar-refractivity contribution in [1.82, 2.24) is 0 Å². The van der Waals surface area contributed by atoms with Crippen LogP contribution in [0.1, 0.15) is 5.56 Å². The highest BCUT2D eigenvalue weighted by molar-refractivity contribution is 6.34. The molecule has 1 aromatic carbocycles. The molecule has 0 radical (unpaired) electrons.